The highest BCUT2D eigenvalue weighted by molar-refractivity contribution is 6.35. The second-order valence-corrected chi connectivity index (χ2v) is 6.22. The molecule has 0 fully saturated rings. The number of carbonyl (C=O) groups excluding carboxylic acids is 1. The number of amides is 1. The second kappa shape index (κ2) is 9.28. The number of aromatic nitrogens is 1. The normalized spacial score (nSPS) is 10.5. The highest BCUT2D eigenvalue weighted by Gasteiger charge is 2.11. The zero-order valence-corrected chi connectivity index (χ0v) is 16.5. The zero-order valence-electron chi connectivity index (χ0n) is 15.7. The number of benzene rings is 2. The number of nitrogens with zero attached hydrogens (tertiary/aromatic N) is 1. The summed E-state index contributed by atoms with van der Waals surface area (Å²) in [7, 11) is 0. The molecule has 28 heavy (non-hydrogen) atoms. The third-order valence-electron chi connectivity index (χ3n) is 3.87. The number of fused-ring (bicyclic) bond motifs is 1. The van der Waals surface area contributed by atoms with Crippen LogP contribution in [0.4, 0.5) is 5.69 Å². The van der Waals surface area contributed by atoms with E-state index in [2.05, 4.69) is 10.3 Å². The molecule has 0 saturated heterocycles. The van der Waals surface area contributed by atoms with E-state index in [-0.39, 0.29) is 12.5 Å². The maximum atomic E-state index is 12.3. The van der Waals surface area contributed by atoms with Gasteiger partial charge < -0.3 is 19.5 Å². The number of anilines is 1. The highest BCUT2D eigenvalue weighted by Crippen LogP contribution is 2.31. The van der Waals surface area contributed by atoms with E-state index in [9.17, 15) is 4.79 Å². The average molecular weight is 401 g/mol. The van der Waals surface area contributed by atoms with Gasteiger partial charge >= 0.3 is 0 Å². The van der Waals surface area contributed by atoms with Crippen molar-refractivity contribution >= 4 is 34.1 Å². The topological polar surface area (TPSA) is 69.7 Å². The number of ether oxygens (including phenoxy) is 3. The second-order valence-electron chi connectivity index (χ2n) is 5.81. The van der Waals surface area contributed by atoms with Crippen LogP contribution in [0, 0.1) is 0 Å². The molecule has 1 aromatic heterocycles. The number of hydrogen-bond donors (Lipinski definition) is 1. The number of halogens is 1. The first kappa shape index (κ1) is 19.8. The van der Waals surface area contributed by atoms with Crippen LogP contribution in [0.1, 0.15) is 13.8 Å². The molecule has 1 N–H and O–H groups in total. The smallest absolute Gasteiger partial charge is 0.262 e. The minimum absolute atomic E-state index is 0.162. The minimum Gasteiger partial charge on any atom is -0.490 e. The summed E-state index contributed by atoms with van der Waals surface area (Å²) in [4.78, 5) is 16.6. The van der Waals surface area contributed by atoms with E-state index >= 15 is 0 Å². The fourth-order valence-electron chi connectivity index (χ4n) is 2.70. The van der Waals surface area contributed by atoms with E-state index in [1.807, 2.05) is 19.9 Å². The lowest BCUT2D eigenvalue weighted by Gasteiger charge is -2.13. The molecule has 1 heterocycles. The van der Waals surface area contributed by atoms with Crippen LogP contribution in [-0.2, 0) is 4.79 Å². The summed E-state index contributed by atoms with van der Waals surface area (Å²) in [6.07, 6.45) is 1.65. The van der Waals surface area contributed by atoms with Crippen LogP contribution >= 0.6 is 11.6 Å². The summed E-state index contributed by atoms with van der Waals surface area (Å²) in [5, 5.41) is 4.15. The molecule has 0 aliphatic carbocycles. The Bertz CT molecular complexity index is 978. The summed E-state index contributed by atoms with van der Waals surface area (Å²) in [5.41, 5.74) is 1.21. The summed E-state index contributed by atoms with van der Waals surface area (Å²) in [6.45, 7) is 4.65. The Kier molecular flexibility index (Phi) is 6.55. The molecule has 1 amide bonds. The summed E-state index contributed by atoms with van der Waals surface area (Å²) in [6, 6.07) is 12.3. The van der Waals surface area contributed by atoms with E-state index in [0.717, 1.165) is 5.39 Å². The van der Waals surface area contributed by atoms with Gasteiger partial charge in [0.25, 0.3) is 5.91 Å². The van der Waals surface area contributed by atoms with E-state index in [4.69, 9.17) is 25.8 Å². The lowest BCUT2D eigenvalue weighted by atomic mass is 10.2. The van der Waals surface area contributed by atoms with E-state index < -0.39 is 0 Å². The van der Waals surface area contributed by atoms with Crippen molar-refractivity contribution in [3.05, 3.63) is 53.7 Å². The Balaban J connectivity index is 1.68. The van der Waals surface area contributed by atoms with Crippen molar-refractivity contribution in [2.75, 3.05) is 25.1 Å². The molecule has 0 spiro atoms. The van der Waals surface area contributed by atoms with Gasteiger partial charge in [-0.25, -0.2) is 0 Å². The maximum absolute atomic E-state index is 12.3. The molecule has 0 radical (unpaired) electrons. The number of nitrogens with one attached hydrogen (secondary N) is 1. The van der Waals surface area contributed by atoms with Gasteiger partial charge in [-0.2, -0.15) is 0 Å². The number of pyridine rings is 1. The van der Waals surface area contributed by atoms with E-state index in [1.54, 1.807) is 42.6 Å². The molecule has 0 bridgehead atoms. The number of rotatable bonds is 8. The van der Waals surface area contributed by atoms with E-state index in [0.29, 0.717) is 46.7 Å². The van der Waals surface area contributed by atoms with Gasteiger partial charge in [-0.3, -0.25) is 9.78 Å². The van der Waals surface area contributed by atoms with Gasteiger partial charge in [0.1, 0.15) is 11.3 Å². The summed E-state index contributed by atoms with van der Waals surface area (Å²) in [5.74, 6) is 1.41. The zero-order chi connectivity index (χ0) is 19.9. The van der Waals surface area contributed by atoms with Crippen LogP contribution in [0.3, 0.4) is 0 Å². The number of hydrogen-bond acceptors (Lipinski definition) is 5. The summed E-state index contributed by atoms with van der Waals surface area (Å²) < 4.78 is 16.8. The predicted octanol–water partition coefficient (Wildman–Crippen LogP) is 4.70. The number of carbonyl (C=O) groups is 1. The molecule has 3 aromatic rings. The Morgan fingerprint density at radius 3 is 2.54 bits per heavy atom. The van der Waals surface area contributed by atoms with Crippen molar-refractivity contribution in [3.63, 3.8) is 0 Å². The molecule has 3 rings (SSSR count). The lowest BCUT2D eigenvalue weighted by molar-refractivity contribution is -0.118. The van der Waals surface area contributed by atoms with Crippen molar-refractivity contribution in [1.29, 1.82) is 0 Å². The van der Waals surface area contributed by atoms with Crippen molar-refractivity contribution in [2.24, 2.45) is 0 Å². The average Bonchev–Trinajstić information content (AvgIpc) is 2.70. The molecular weight excluding hydrogens is 380 g/mol. The quantitative estimate of drug-likeness (QED) is 0.593. The van der Waals surface area contributed by atoms with Crippen LogP contribution in [0.25, 0.3) is 10.9 Å². The molecule has 0 aliphatic rings. The fraction of sp³-hybridized carbons (Fsp3) is 0.238. The summed E-state index contributed by atoms with van der Waals surface area (Å²) >= 11 is 6.18. The maximum Gasteiger partial charge on any atom is 0.262 e. The Labute approximate surface area is 168 Å². The lowest BCUT2D eigenvalue weighted by Crippen LogP contribution is -2.20. The molecule has 0 aliphatic heterocycles. The molecule has 0 unspecified atom stereocenters. The van der Waals surface area contributed by atoms with Crippen LogP contribution in [0.2, 0.25) is 5.02 Å². The molecule has 0 saturated carbocycles. The first-order chi connectivity index (χ1) is 13.6. The van der Waals surface area contributed by atoms with E-state index in [1.165, 1.54) is 0 Å². The third-order valence-corrected chi connectivity index (χ3v) is 4.19. The first-order valence-electron chi connectivity index (χ1n) is 8.98. The van der Waals surface area contributed by atoms with Crippen molar-refractivity contribution in [2.45, 2.75) is 13.8 Å². The van der Waals surface area contributed by atoms with Crippen molar-refractivity contribution in [3.8, 4) is 17.2 Å². The van der Waals surface area contributed by atoms with Crippen molar-refractivity contribution in [1.82, 2.24) is 4.98 Å². The monoisotopic (exact) mass is 400 g/mol. The van der Waals surface area contributed by atoms with Crippen LogP contribution in [0.5, 0.6) is 17.2 Å². The highest BCUT2D eigenvalue weighted by atomic mass is 35.5. The van der Waals surface area contributed by atoms with Gasteiger partial charge in [0.05, 0.1) is 18.2 Å². The SMILES string of the molecule is CCOc1ccc(NC(=O)COc2ccc(Cl)c3cccnc23)cc1OCC. The van der Waals surface area contributed by atoms with Gasteiger partial charge in [0.15, 0.2) is 18.1 Å². The van der Waals surface area contributed by atoms with Crippen LogP contribution in [0.15, 0.2) is 48.7 Å². The standard InChI is InChI=1S/C21H21ClN2O4/c1-3-26-17-9-7-14(12-19(17)27-4-2)24-20(25)13-28-18-10-8-16(22)15-6-5-11-23-21(15)18/h5-12H,3-4,13H2,1-2H3,(H,24,25). The fourth-order valence-corrected chi connectivity index (χ4v) is 2.91. The van der Waals surface area contributed by atoms with Gasteiger partial charge in [-0.15, -0.1) is 0 Å². The molecule has 6 nitrogen and oxygen atoms in total. The minimum atomic E-state index is -0.300. The molecule has 146 valence electrons. The molecule has 2 aromatic carbocycles. The molecular formula is C21H21ClN2O4. The largest absolute Gasteiger partial charge is 0.490 e. The predicted molar refractivity (Wildman–Crippen MR) is 110 cm³/mol. The molecule has 7 heteroatoms. The third kappa shape index (κ3) is 4.64. The van der Waals surface area contributed by atoms with Crippen LogP contribution in [-0.4, -0.2) is 30.7 Å². The molecule has 0 atom stereocenters. The Morgan fingerprint density at radius 2 is 1.75 bits per heavy atom. The Morgan fingerprint density at radius 1 is 1.00 bits per heavy atom. The van der Waals surface area contributed by atoms with Crippen molar-refractivity contribution < 1.29 is 19.0 Å². The Hall–Kier alpha value is -2.99. The first-order valence-corrected chi connectivity index (χ1v) is 9.35. The van der Waals surface area contributed by atoms with Gasteiger partial charge in [-0.05, 0) is 50.2 Å². The van der Waals surface area contributed by atoms with Gasteiger partial charge in [0.2, 0.25) is 0 Å². The van der Waals surface area contributed by atoms with Gasteiger partial charge in [0, 0.05) is 23.3 Å². The van der Waals surface area contributed by atoms with Crippen LogP contribution < -0.4 is 19.5 Å². The van der Waals surface area contributed by atoms with Gasteiger partial charge in [-0.1, -0.05) is 11.6 Å².